The van der Waals surface area contributed by atoms with Crippen molar-refractivity contribution in [2.24, 2.45) is 5.41 Å². The van der Waals surface area contributed by atoms with Gasteiger partial charge in [0.05, 0.1) is 12.5 Å². The van der Waals surface area contributed by atoms with E-state index in [2.05, 4.69) is 20.4 Å². The predicted molar refractivity (Wildman–Crippen MR) is 108 cm³/mol. The molecule has 2 aliphatic rings. The number of likely N-dealkylation sites (N-methyl/N-ethyl adjacent to an activating group) is 1. The van der Waals surface area contributed by atoms with Crippen LogP contribution >= 0.6 is 0 Å². The van der Waals surface area contributed by atoms with Gasteiger partial charge < -0.3 is 24.4 Å². The fraction of sp³-hybridized carbons (Fsp3) is 0.524. The number of amides is 1. The van der Waals surface area contributed by atoms with Crippen LogP contribution < -0.4 is 14.8 Å². The molecule has 3 heterocycles. The summed E-state index contributed by atoms with van der Waals surface area (Å²) in [5.74, 6) is 1.22. The highest BCUT2D eigenvalue weighted by molar-refractivity contribution is 5.78. The summed E-state index contributed by atoms with van der Waals surface area (Å²) in [7, 11) is 1.94. The van der Waals surface area contributed by atoms with Crippen LogP contribution in [-0.2, 0) is 9.59 Å². The van der Waals surface area contributed by atoms with Crippen LogP contribution in [0.5, 0.6) is 11.5 Å². The largest absolute Gasteiger partial charge is 0.481 e. The van der Waals surface area contributed by atoms with Crippen LogP contribution in [-0.4, -0.2) is 58.5 Å². The molecule has 2 N–H and O–H groups in total. The summed E-state index contributed by atoms with van der Waals surface area (Å²) in [6, 6.07) is 5.28. The molecule has 4 rings (SSSR count). The Morgan fingerprint density at radius 2 is 2.03 bits per heavy atom. The number of carboxylic acids is 1. The Labute approximate surface area is 179 Å². The number of likely N-dealkylation sites (tertiary alicyclic amines) is 1. The summed E-state index contributed by atoms with van der Waals surface area (Å²) < 4.78 is 16.2. The average molecular weight is 430 g/mol. The van der Waals surface area contributed by atoms with Crippen molar-refractivity contribution in [2.45, 2.75) is 45.2 Å². The zero-order chi connectivity index (χ0) is 22.2. The third kappa shape index (κ3) is 4.79. The minimum Gasteiger partial charge on any atom is -0.481 e. The van der Waals surface area contributed by atoms with Gasteiger partial charge in [-0.15, -0.1) is 0 Å². The van der Waals surface area contributed by atoms with E-state index in [0.717, 1.165) is 5.56 Å². The normalized spacial score (nSPS) is 20.7. The van der Waals surface area contributed by atoms with Crippen LogP contribution in [0.4, 0.5) is 0 Å². The van der Waals surface area contributed by atoms with Crippen molar-refractivity contribution >= 4 is 11.9 Å². The molecule has 0 saturated carbocycles. The first-order valence-electron chi connectivity index (χ1n) is 10.2. The molecule has 2 unspecified atom stereocenters. The molecule has 31 heavy (non-hydrogen) atoms. The maximum atomic E-state index is 12.4. The van der Waals surface area contributed by atoms with Gasteiger partial charge in [-0.25, -0.2) is 0 Å². The van der Waals surface area contributed by atoms with Crippen molar-refractivity contribution in [2.75, 3.05) is 20.4 Å². The van der Waals surface area contributed by atoms with Crippen LogP contribution in [0, 0.1) is 5.41 Å². The summed E-state index contributed by atoms with van der Waals surface area (Å²) in [6.07, 6.45) is 0.724. The van der Waals surface area contributed by atoms with Gasteiger partial charge in [0.2, 0.25) is 24.4 Å². The summed E-state index contributed by atoms with van der Waals surface area (Å²) in [4.78, 5) is 30.0. The number of rotatable bonds is 7. The van der Waals surface area contributed by atoms with E-state index in [0.29, 0.717) is 36.2 Å². The molecule has 1 aromatic heterocycles. The lowest BCUT2D eigenvalue weighted by Crippen LogP contribution is -2.38. The second-order valence-corrected chi connectivity index (χ2v) is 8.89. The van der Waals surface area contributed by atoms with E-state index >= 15 is 0 Å². The van der Waals surface area contributed by atoms with Crippen LogP contribution in [0.1, 0.15) is 45.0 Å². The second-order valence-electron chi connectivity index (χ2n) is 8.89. The van der Waals surface area contributed by atoms with Gasteiger partial charge in [-0.1, -0.05) is 19.0 Å². The molecule has 2 aliphatic heterocycles. The highest BCUT2D eigenvalue weighted by atomic mass is 16.7. The van der Waals surface area contributed by atoms with E-state index in [1.54, 1.807) is 13.8 Å². The van der Waals surface area contributed by atoms with Gasteiger partial charge in [-0.3, -0.25) is 14.5 Å². The number of hydrogen-bond donors (Lipinski definition) is 2. The van der Waals surface area contributed by atoms with Crippen LogP contribution in [0.3, 0.4) is 0 Å². The molecule has 0 bridgehead atoms. The van der Waals surface area contributed by atoms with Crippen molar-refractivity contribution < 1.29 is 28.7 Å². The van der Waals surface area contributed by atoms with Crippen molar-refractivity contribution in [1.82, 2.24) is 20.4 Å². The van der Waals surface area contributed by atoms with Gasteiger partial charge in [0, 0.05) is 24.6 Å². The summed E-state index contributed by atoms with van der Waals surface area (Å²) in [6.45, 7) is 4.39. The quantitative estimate of drug-likeness (QED) is 0.679. The lowest BCUT2D eigenvalue weighted by Gasteiger charge is -2.22. The zero-order valence-electron chi connectivity index (χ0n) is 17.8. The zero-order valence-corrected chi connectivity index (χ0v) is 17.8. The highest BCUT2D eigenvalue weighted by Gasteiger charge is 2.36. The number of carboxylic acid groups (broad SMARTS) is 1. The van der Waals surface area contributed by atoms with E-state index in [-0.39, 0.29) is 37.6 Å². The molecule has 0 spiro atoms. The standard InChI is InChI=1S/C21H26N4O6/c1-21(2,9-18(27)28)8-17(26)22-13-7-14(25(3)10-13)20-23-19(24-31-20)12-4-5-15-16(6-12)30-11-29-15/h4-6,13-14H,7-11H2,1-3H3,(H,22,26)(H,27,28). The molecule has 1 aromatic carbocycles. The number of aromatic nitrogens is 2. The van der Waals surface area contributed by atoms with Gasteiger partial charge in [-0.2, -0.15) is 4.98 Å². The first-order valence-corrected chi connectivity index (χ1v) is 10.2. The smallest absolute Gasteiger partial charge is 0.303 e. The first-order chi connectivity index (χ1) is 14.7. The number of hydrogen-bond acceptors (Lipinski definition) is 8. The van der Waals surface area contributed by atoms with E-state index in [4.69, 9.17) is 19.1 Å². The van der Waals surface area contributed by atoms with Crippen LogP contribution in [0.15, 0.2) is 22.7 Å². The van der Waals surface area contributed by atoms with E-state index in [1.807, 2.05) is 25.2 Å². The SMILES string of the molecule is CN1CC(NC(=O)CC(C)(C)CC(=O)O)CC1c1nc(-c2ccc3c(c2)OCO3)no1. The molecule has 1 amide bonds. The number of fused-ring (bicyclic) bond motifs is 1. The van der Waals surface area contributed by atoms with Gasteiger partial charge in [-0.05, 0) is 37.1 Å². The van der Waals surface area contributed by atoms with Gasteiger partial charge in [0.1, 0.15) is 0 Å². The summed E-state index contributed by atoms with van der Waals surface area (Å²) in [5.41, 5.74) is 0.164. The van der Waals surface area contributed by atoms with Crippen molar-refractivity contribution in [3.8, 4) is 22.9 Å². The maximum Gasteiger partial charge on any atom is 0.303 e. The van der Waals surface area contributed by atoms with Crippen molar-refractivity contribution in [1.29, 1.82) is 0 Å². The Bertz CT molecular complexity index is 988. The molecule has 0 aliphatic carbocycles. The third-order valence-corrected chi connectivity index (χ3v) is 5.54. The summed E-state index contributed by atoms with van der Waals surface area (Å²) in [5, 5.41) is 16.1. The van der Waals surface area contributed by atoms with Crippen molar-refractivity contribution in [3.63, 3.8) is 0 Å². The fourth-order valence-corrected chi connectivity index (χ4v) is 4.10. The van der Waals surface area contributed by atoms with E-state index in [9.17, 15) is 9.59 Å². The lowest BCUT2D eigenvalue weighted by molar-refractivity contribution is -0.139. The number of carbonyl (C=O) groups is 2. The Hall–Kier alpha value is -3.14. The average Bonchev–Trinajstić information content (AvgIpc) is 3.38. The number of benzene rings is 1. The molecule has 2 aromatic rings. The Balaban J connectivity index is 1.38. The molecule has 166 valence electrons. The molecule has 1 fully saturated rings. The highest BCUT2D eigenvalue weighted by Crippen LogP contribution is 2.36. The molecule has 1 saturated heterocycles. The van der Waals surface area contributed by atoms with Crippen LogP contribution in [0.2, 0.25) is 0 Å². The number of carbonyl (C=O) groups excluding carboxylic acids is 1. The van der Waals surface area contributed by atoms with E-state index in [1.165, 1.54) is 0 Å². The molecule has 10 heteroatoms. The lowest BCUT2D eigenvalue weighted by atomic mass is 9.85. The van der Waals surface area contributed by atoms with Gasteiger partial charge >= 0.3 is 5.97 Å². The van der Waals surface area contributed by atoms with Gasteiger partial charge in [0.15, 0.2) is 11.5 Å². The second kappa shape index (κ2) is 8.18. The van der Waals surface area contributed by atoms with Crippen molar-refractivity contribution in [3.05, 3.63) is 24.1 Å². The van der Waals surface area contributed by atoms with E-state index < -0.39 is 11.4 Å². The molecular formula is C21H26N4O6. The molecular weight excluding hydrogens is 404 g/mol. The minimum absolute atomic E-state index is 0.0573. The molecule has 2 atom stereocenters. The minimum atomic E-state index is -0.909. The molecule has 0 radical (unpaired) electrons. The fourth-order valence-electron chi connectivity index (χ4n) is 4.10. The monoisotopic (exact) mass is 430 g/mol. The first kappa shape index (κ1) is 21.1. The Morgan fingerprint density at radius 3 is 2.81 bits per heavy atom. The summed E-state index contributed by atoms with van der Waals surface area (Å²) >= 11 is 0. The number of nitrogens with zero attached hydrogens (tertiary/aromatic N) is 3. The maximum absolute atomic E-state index is 12.4. The number of nitrogens with one attached hydrogen (secondary N) is 1. The number of ether oxygens (including phenoxy) is 2. The number of aliphatic carboxylic acids is 1. The third-order valence-electron chi connectivity index (χ3n) is 5.54. The Kier molecular flexibility index (Phi) is 5.57. The molecule has 10 nitrogen and oxygen atoms in total. The van der Waals surface area contributed by atoms with Gasteiger partial charge in [0.25, 0.3) is 0 Å². The van der Waals surface area contributed by atoms with Crippen LogP contribution in [0.25, 0.3) is 11.4 Å². The topological polar surface area (TPSA) is 127 Å². The predicted octanol–water partition coefficient (Wildman–Crippen LogP) is 2.22. The Morgan fingerprint density at radius 1 is 1.26 bits per heavy atom.